The molecule has 6 atom stereocenters. The van der Waals surface area contributed by atoms with Crippen molar-refractivity contribution in [2.24, 2.45) is 17.8 Å². The fourth-order valence-electron chi connectivity index (χ4n) is 5.10. The maximum atomic E-state index is 13.3. The molecular weight excluding hydrogens is 432 g/mol. The summed E-state index contributed by atoms with van der Waals surface area (Å²) in [6.07, 6.45) is 9.73. The van der Waals surface area contributed by atoms with Crippen LogP contribution >= 0.6 is 11.6 Å². The third-order valence-electron chi connectivity index (χ3n) is 6.80. The predicted molar refractivity (Wildman–Crippen MR) is 119 cm³/mol. The van der Waals surface area contributed by atoms with Crippen molar-refractivity contribution in [3.05, 3.63) is 58.1 Å². The Balaban J connectivity index is 1.70. The molecule has 2 saturated heterocycles. The van der Waals surface area contributed by atoms with Crippen LogP contribution in [0.1, 0.15) is 47.5 Å². The highest BCUT2D eigenvalue weighted by Crippen LogP contribution is 2.58. The molecule has 6 nitrogen and oxygen atoms in total. The van der Waals surface area contributed by atoms with E-state index in [4.69, 9.17) is 25.8 Å². The van der Waals surface area contributed by atoms with Gasteiger partial charge in [-0.15, -0.1) is 0 Å². The minimum Gasteiger partial charge on any atom is -0.465 e. The molecule has 2 fully saturated rings. The molecule has 0 aromatic carbocycles. The second-order valence-corrected chi connectivity index (χ2v) is 9.76. The van der Waals surface area contributed by atoms with Crippen LogP contribution in [0.25, 0.3) is 0 Å². The lowest BCUT2D eigenvalue weighted by atomic mass is 9.66. The largest absolute Gasteiger partial charge is 0.465 e. The van der Waals surface area contributed by atoms with Crippen molar-refractivity contribution >= 4 is 23.4 Å². The van der Waals surface area contributed by atoms with Gasteiger partial charge in [-0.05, 0) is 38.8 Å². The average molecular weight is 461 g/mol. The summed E-state index contributed by atoms with van der Waals surface area (Å²) in [6, 6.07) is 0. The van der Waals surface area contributed by atoms with Crippen LogP contribution < -0.4 is 0 Å². The number of ether oxygens (including phenoxy) is 3. The van der Waals surface area contributed by atoms with Crippen molar-refractivity contribution < 1.29 is 28.9 Å². The van der Waals surface area contributed by atoms with Crippen molar-refractivity contribution in [2.75, 3.05) is 0 Å². The molecule has 172 valence electrons. The van der Waals surface area contributed by atoms with E-state index in [-0.39, 0.29) is 11.5 Å². The van der Waals surface area contributed by atoms with Crippen LogP contribution in [-0.4, -0.2) is 34.4 Å². The van der Waals surface area contributed by atoms with Gasteiger partial charge in [0.1, 0.15) is 23.4 Å². The molecule has 0 bridgehead atoms. The molecule has 4 rings (SSSR count). The number of carbonyl (C=O) groups is 2. The SMILES string of the molecule is CC[C@H](C)/C=C(C)\C=C\C1=CC2=C(Cl)C(=O)[C@@]3(C)O[C@@]4(O)C[C@H](C)OC(=O)[C@@H]4[C@H]3C2=CO1. The molecule has 0 aromatic rings. The van der Waals surface area contributed by atoms with E-state index in [2.05, 4.69) is 19.9 Å². The van der Waals surface area contributed by atoms with Gasteiger partial charge in [-0.3, -0.25) is 9.59 Å². The smallest absolute Gasteiger partial charge is 0.315 e. The summed E-state index contributed by atoms with van der Waals surface area (Å²) < 4.78 is 17.1. The highest BCUT2D eigenvalue weighted by molar-refractivity contribution is 6.45. The summed E-state index contributed by atoms with van der Waals surface area (Å²) >= 11 is 6.50. The topological polar surface area (TPSA) is 82.1 Å². The standard InChI is InChI=1S/C25H29ClO6/c1-6-13(2)9-14(3)7-8-16-10-17-18(12-30-16)19-20-23(28)31-15(4)11-25(20,29)32-24(19,5)22(27)21(17)26/h7-10,12-13,15,19-20,29H,6,11H2,1-5H3/b8-7+,14-9-/t13-,15-,19+,20-,24-,25-/m0/s1. The molecule has 4 aliphatic rings. The van der Waals surface area contributed by atoms with Gasteiger partial charge in [-0.1, -0.05) is 49.6 Å². The molecule has 7 heteroatoms. The van der Waals surface area contributed by atoms with E-state index in [9.17, 15) is 14.7 Å². The lowest BCUT2D eigenvalue weighted by Crippen LogP contribution is -2.50. The first kappa shape index (κ1) is 23.0. The molecule has 3 heterocycles. The normalized spacial score (nSPS) is 37.8. The van der Waals surface area contributed by atoms with Gasteiger partial charge in [0.05, 0.1) is 11.3 Å². The van der Waals surface area contributed by atoms with Crippen molar-refractivity contribution in [3.63, 3.8) is 0 Å². The second kappa shape index (κ2) is 8.01. The maximum absolute atomic E-state index is 13.3. The number of esters is 1. The van der Waals surface area contributed by atoms with Gasteiger partial charge in [0.25, 0.3) is 0 Å². The third-order valence-corrected chi connectivity index (χ3v) is 7.17. The summed E-state index contributed by atoms with van der Waals surface area (Å²) in [5.74, 6) is -3.69. The van der Waals surface area contributed by atoms with Crippen molar-refractivity contribution in [1.29, 1.82) is 0 Å². The van der Waals surface area contributed by atoms with Crippen LogP contribution in [0.4, 0.5) is 0 Å². The van der Waals surface area contributed by atoms with Crippen LogP contribution in [0.3, 0.4) is 0 Å². The van der Waals surface area contributed by atoms with E-state index in [1.807, 2.05) is 19.1 Å². The maximum Gasteiger partial charge on any atom is 0.315 e. The third kappa shape index (κ3) is 3.58. The van der Waals surface area contributed by atoms with Gasteiger partial charge in [0.15, 0.2) is 5.79 Å². The Morgan fingerprint density at radius 3 is 2.78 bits per heavy atom. The minimum atomic E-state index is -1.81. The zero-order valence-electron chi connectivity index (χ0n) is 19.0. The molecule has 0 saturated carbocycles. The van der Waals surface area contributed by atoms with Gasteiger partial charge in [-0.2, -0.15) is 0 Å². The Bertz CT molecular complexity index is 1020. The minimum absolute atomic E-state index is 0.000248. The van der Waals surface area contributed by atoms with E-state index in [0.717, 1.165) is 12.0 Å². The molecule has 1 N–H and O–H groups in total. The quantitative estimate of drug-likeness (QED) is 0.493. The fraction of sp³-hybridized carbons (Fsp3) is 0.520. The van der Waals surface area contributed by atoms with E-state index >= 15 is 0 Å². The zero-order valence-corrected chi connectivity index (χ0v) is 19.7. The van der Waals surface area contributed by atoms with Crippen molar-refractivity contribution in [3.8, 4) is 0 Å². The lowest BCUT2D eigenvalue weighted by Gasteiger charge is -2.38. The molecule has 0 radical (unpaired) electrons. The summed E-state index contributed by atoms with van der Waals surface area (Å²) in [6.45, 7) is 9.55. The molecule has 0 amide bonds. The molecule has 0 unspecified atom stereocenters. The number of halogens is 1. The van der Waals surface area contributed by atoms with Gasteiger partial charge in [-0.25, -0.2) is 0 Å². The Morgan fingerprint density at radius 1 is 1.38 bits per heavy atom. The number of hydrogen-bond acceptors (Lipinski definition) is 6. The second-order valence-electron chi connectivity index (χ2n) is 9.38. The van der Waals surface area contributed by atoms with E-state index in [0.29, 0.717) is 22.8 Å². The number of Topliss-reactive ketones (excluding diaryl/α,β-unsaturated/α-hetero) is 1. The zero-order chi connectivity index (χ0) is 23.4. The number of aliphatic hydroxyl groups is 1. The van der Waals surface area contributed by atoms with Gasteiger partial charge < -0.3 is 19.3 Å². The van der Waals surface area contributed by atoms with Crippen LogP contribution in [0.5, 0.6) is 0 Å². The highest BCUT2D eigenvalue weighted by Gasteiger charge is 2.70. The molecule has 3 aliphatic heterocycles. The van der Waals surface area contributed by atoms with Crippen molar-refractivity contribution in [1.82, 2.24) is 0 Å². The number of ketones is 1. The van der Waals surface area contributed by atoms with Crippen LogP contribution in [0, 0.1) is 17.8 Å². The number of fused-ring (bicyclic) bond motifs is 5. The lowest BCUT2D eigenvalue weighted by molar-refractivity contribution is -0.260. The van der Waals surface area contributed by atoms with Crippen LogP contribution in [0.15, 0.2) is 58.1 Å². The molecule has 0 aromatic heterocycles. The predicted octanol–water partition coefficient (Wildman–Crippen LogP) is 4.45. The number of hydrogen-bond donors (Lipinski definition) is 1. The van der Waals surface area contributed by atoms with Gasteiger partial charge >= 0.3 is 5.97 Å². The first-order valence-electron chi connectivity index (χ1n) is 11.0. The molecule has 0 spiro atoms. The Hall–Kier alpha value is -2.15. The monoisotopic (exact) mass is 460 g/mol. The van der Waals surface area contributed by atoms with E-state index < -0.39 is 41.1 Å². The van der Waals surface area contributed by atoms with Gasteiger partial charge in [0.2, 0.25) is 5.78 Å². The Kier molecular flexibility index (Phi) is 5.76. The number of carbonyl (C=O) groups excluding carboxylic acids is 2. The molecular formula is C25H29ClO6. The Morgan fingerprint density at radius 2 is 2.09 bits per heavy atom. The van der Waals surface area contributed by atoms with E-state index in [1.54, 1.807) is 19.9 Å². The molecule has 1 aliphatic carbocycles. The van der Waals surface area contributed by atoms with Crippen molar-refractivity contribution in [2.45, 2.75) is 65.0 Å². The van der Waals surface area contributed by atoms with E-state index in [1.165, 1.54) is 6.26 Å². The van der Waals surface area contributed by atoms with Gasteiger partial charge in [0, 0.05) is 23.5 Å². The van der Waals surface area contributed by atoms with Crippen LogP contribution in [0.2, 0.25) is 0 Å². The summed E-state index contributed by atoms with van der Waals surface area (Å²) in [7, 11) is 0. The number of rotatable bonds is 4. The summed E-state index contributed by atoms with van der Waals surface area (Å²) in [5, 5.41) is 11.2. The first-order chi connectivity index (χ1) is 15.0. The summed E-state index contributed by atoms with van der Waals surface area (Å²) in [5.41, 5.74) is 0.635. The highest BCUT2D eigenvalue weighted by atomic mass is 35.5. The number of cyclic esters (lactones) is 1. The number of allylic oxidation sites excluding steroid dienone is 6. The molecule has 32 heavy (non-hydrogen) atoms. The average Bonchev–Trinajstić information content (AvgIpc) is 2.98. The first-order valence-corrected chi connectivity index (χ1v) is 11.4. The Labute approximate surface area is 193 Å². The fourth-order valence-corrected chi connectivity index (χ4v) is 5.45. The van der Waals surface area contributed by atoms with Crippen LogP contribution in [-0.2, 0) is 23.8 Å². The summed E-state index contributed by atoms with van der Waals surface area (Å²) in [4.78, 5) is 26.1.